The van der Waals surface area contributed by atoms with E-state index in [1.54, 1.807) is 0 Å². The van der Waals surface area contributed by atoms with E-state index in [9.17, 15) is 0 Å². The average Bonchev–Trinajstić information content (AvgIpc) is 3.09. The summed E-state index contributed by atoms with van der Waals surface area (Å²) in [6.45, 7) is 16.0. The monoisotopic (exact) mass is 462 g/mol. The zero-order valence-electron chi connectivity index (χ0n) is 22.3. The number of pyridine rings is 1. The molecule has 0 saturated carbocycles. The summed E-state index contributed by atoms with van der Waals surface area (Å²) >= 11 is 0. The Morgan fingerprint density at radius 2 is 1.49 bits per heavy atom. The van der Waals surface area contributed by atoms with Crippen molar-refractivity contribution in [1.82, 2.24) is 0 Å². The maximum atomic E-state index is 5.92. The summed E-state index contributed by atoms with van der Waals surface area (Å²) in [6, 6.07) is 21.4. The van der Waals surface area contributed by atoms with E-state index in [-0.39, 0.29) is 23.0 Å². The number of nitrogens with zero attached hydrogens (tertiary/aromatic N) is 1. The van der Waals surface area contributed by atoms with E-state index in [0.717, 1.165) is 0 Å². The SMILES string of the molecule is CO[C@H](C)[C@@H]1c2cccc3c2-c2c4c(cc(C(C)(C)C)cc4cc[n+]21)-c1ccc(C(C)(C)C)cc1-3. The minimum absolute atomic E-state index is 0.0692. The molecule has 2 heteroatoms. The van der Waals surface area contributed by atoms with Crippen LogP contribution in [0.15, 0.2) is 60.8 Å². The molecule has 35 heavy (non-hydrogen) atoms. The molecule has 178 valence electrons. The number of ether oxygens (including phenoxy) is 1. The second-order valence-electron chi connectivity index (χ2n) is 12.5. The fourth-order valence-electron chi connectivity index (χ4n) is 6.09. The van der Waals surface area contributed by atoms with Gasteiger partial charge in [-0.2, -0.15) is 4.57 Å². The van der Waals surface area contributed by atoms with Crippen LogP contribution in [0.4, 0.5) is 0 Å². The lowest BCUT2D eigenvalue weighted by Gasteiger charge is -2.24. The predicted octanol–water partition coefficient (Wildman–Crippen LogP) is 7.97. The van der Waals surface area contributed by atoms with Crippen LogP contribution >= 0.6 is 0 Å². The van der Waals surface area contributed by atoms with Crippen molar-refractivity contribution in [2.24, 2.45) is 0 Å². The first-order valence-corrected chi connectivity index (χ1v) is 12.8. The fourth-order valence-corrected chi connectivity index (χ4v) is 6.09. The lowest BCUT2D eigenvalue weighted by atomic mass is 9.81. The van der Waals surface area contributed by atoms with E-state index in [2.05, 4.69) is 114 Å². The van der Waals surface area contributed by atoms with Gasteiger partial charge in [0, 0.05) is 18.7 Å². The summed E-state index contributed by atoms with van der Waals surface area (Å²) in [5.41, 5.74) is 12.3. The molecule has 1 aliphatic carbocycles. The topological polar surface area (TPSA) is 13.1 Å². The van der Waals surface area contributed by atoms with Crippen molar-refractivity contribution in [1.29, 1.82) is 0 Å². The van der Waals surface area contributed by atoms with Crippen molar-refractivity contribution in [3.8, 4) is 33.5 Å². The molecule has 1 aliphatic heterocycles. The molecule has 0 saturated heterocycles. The Morgan fingerprint density at radius 1 is 0.771 bits per heavy atom. The van der Waals surface area contributed by atoms with Crippen LogP contribution in [-0.4, -0.2) is 13.2 Å². The van der Waals surface area contributed by atoms with Crippen LogP contribution in [0.3, 0.4) is 0 Å². The molecule has 0 fully saturated rings. The molecule has 6 rings (SSSR count). The molecule has 2 nitrogen and oxygen atoms in total. The molecular weight excluding hydrogens is 426 g/mol. The van der Waals surface area contributed by atoms with E-state index in [1.807, 2.05) is 7.11 Å². The normalized spacial score (nSPS) is 16.9. The van der Waals surface area contributed by atoms with Gasteiger partial charge < -0.3 is 4.74 Å². The third-order valence-electron chi connectivity index (χ3n) is 8.18. The Balaban J connectivity index is 1.83. The average molecular weight is 463 g/mol. The summed E-state index contributed by atoms with van der Waals surface area (Å²) in [6.07, 6.45) is 2.36. The van der Waals surface area contributed by atoms with Crippen molar-refractivity contribution in [3.63, 3.8) is 0 Å². The van der Waals surface area contributed by atoms with Crippen molar-refractivity contribution in [3.05, 3.63) is 77.5 Å². The van der Waals surface area contributed by atoms with Crippen molar-refractivity contribution < 1.29 is 9.30 Å². The molecule has 0 N–H and O–H groups in total. The fraction of sp³-hybridized carbons (Fsp3) is 0.364. The van der Waals surface area contributed by atoms with Gasteiger partial charge in [0.1, 0.15) is 6.10 Å². The summed E-state index contributed by atoms with van der Waals surface area (Å²) in [4.78, 5) is 0. The molecule has 3 aromatic carbocycles. The summed E-state index contributed by atoms with van der Waals surface area (Å²) < 4.78 is 8.40. The lowest BCUT2D eigenvalue weighted by Crippen LogP contribution is -2.44. The maximum absolute atomic E-state index is 5.92. The second kappa shape index (κ2) is 7.27. The van der Waals surface area contributed by atoms with E-state index >= 15 is 0 Å². The van der Waals surface area contributed by atoms with Crippen LogP contribution in [0.1, 0.15) is 71.2 Å². The van der Waals surface area contributed by atoms with Crippen LogP contribution in [-0.2, 0) is 15.6 Å². The van der Waals surface area contributed by atoms with Gasteiger partial charge in [-0.1, -0.05) is 77.9 Å². The number of hydrogen-bond donors (Lipinski definition) is 0. The molecule has 2 aliphatic rings. The Hall–Kier alpha value is -2.97. The Bertz CT molecular complexity index is 1510. The molecule has 0 unspecified atom stereocenters. The summed E-state index contributed by atoms with van der Waals surface area (Å²) in [5.74, 6) is 0. The Labute approximate surface area is 209 Å². The van der Waals surface area contributed by atoms with Gasteiger partial charge >= 0.3 is 0 Å². The van der Waals surface area contributed by atoms with Crippen LogP contribution in [0.25, 0.3) is 44.3 Å². The first kappa shape index (κ1) is 22.5. The molecule has 1 aromatic heterocycles. The van der Waals surface area contributed by atoms with Crippen LogP contribution in [0.5, 0.6) is 0 Å². The highest BCUT2D eigenvalue weighted by Gasteiger charge is 2.45. The van der Waals surface area contributed by atoms with Crippen molar-refractivity contribution in [2.45, 2.75) is 71.4 Å². The first-order valence-electron chi connectivity index (χ1n) is 12.8. The number of rotatable bonds is 2. The third-order valence-corrected chi connectivity index (χ3v) is 8.18. The van der Waals surface area contributed by atoms with Crippen molar-refractivity contribution in [2.75, 3.05) is 7.11 Å². The number of fused-ring (bicyclic) bond motifs is 3. The Morgan fingerprint density at radius 3 is 2.17 bits per heavy atom. The van der Waals surface area contributed by atoms with Crippen LogP contribution in [0.2, 0.25) is 0 Å². The largest absolute Gasteiger partial charge is 0.374 e. The van der Waals surface area contributed by atoms with E-state index < -0.39 is 0 Å². The predicted molar refractivity (Wildman–Crippen MR) is 146 cm³/mol. The van der Waals surface area contributed by atoms with Gasteiger partial charge in [0.2, 0.25) is 11.7 Å². The van der Waals surface area contributed by atoms with Gasteiger partial charge in [-0.05, 0) is 68.7 Å². The number of aromatic nitrogens is 1. The quantitative estimate of drug-likeness (QED) is 0.242. The molecule has 0 radical (unpaired) electrons. The first-order chi connectivity index (χ1) is 16.5. The maximum Gasteiger partial charge on any atom is 0.222 e. The van der Waals surface area contributed by atoms with Gasteiger partial charge in [-0.3, -0.25) is 0 Å². The highest BCUT2D eigenvalue weighted by atomic mass is 16.5. The zero-order chi connectivity index (χ0) is 24.9. The molecule has 0 spiro atoms. The highest BCUT2D eigenvalue weighted by molar-refractivity contribution is 6.12. The molecular formula is C33H36NO+. The number of hydrogen-bond acceptors (Lipinski definition) is 1. The minimum Gasteiger partial charge on any atom is -0.374 e. The molecule has 2 atom stereocenters. The Kier molecular flexibility index (Phi) is 4.67. The number of methoxy groups -OCH3 is 1. The lowest BCUT2D eigenvalue weighted by molar-refractivity contribution is -0.703. The smallest absolute Gasteiger partial charge is 0.222 e. The van der Waals surface area contributed by atoms with E-state index in [4.69, 9.17) is 4.74 Å². The van der Waals surface area contributed by atoms with E-state index in [1.165, 1.54) is 61.0 Å². The van der Waals surface area contributed by atoms with Gasteiger partial charge in [0.25, 0.3) is 0 Å². The van der Waals surface area contributed by atoms with Crippen LogP contribution < -0.4 is 4.57 Å². The second-order valence-corrected chi connectivity index (χ2v) is 12.5. The van der Waals surface area contributed by atoms with Crippen molar-refractivity contribution >= 4 is 10.8 Å². The minimum atomic E-state index is 0.0692. The van der Waals surface area contributed by atoms with Gasteiger partial charge in [0.05, 0.1) is 10.9 Å². The highest BCUT2D eigenvalue weighted by Crippen LogP contribution is 2.52. The molecule has 2 heterocycles. The molecule has 4 aromatic rings. The van der Waals surface area contributed by atoms with E-state index in [0.29, 0.717) is 0 Å². The van der Waals surface area contributed by atoms with Gasteiger partial charge in [-0.15, -0.1) is 0 Å². The third kappa shape index (κ3) is 3.16. The van der Waals surface area contributed by atoms with Gasteiger partial charge in [-0.25, -0.2) is 0 Å². The van der Waals surface area contributed by atoms with Crippen LogP contribution in [0, 0.1) is 0 Å². The van der Waals surface area contributed by atoms with Gasteiger partial charge in [0.15, 0.2) is 6.20 Å². The number of benzene rings is 3. The molecule has 0 amide bonds. The summed E-state index contributed by atoms with van der Waals surface area (Å²) in [5, 5.41) is 2.68. The standard InChI is InChI=1S/C33H36NO/c1-19(35-8)30-25-11-9-10-24-26-17-21(32(2,3)4)12-13-23(26)27-18-22(33(5,6)7)16-20-14-15-34(30)31(28(20)27)29(24)25/h9-19,30H,1-8H3/q+1/t19-,30-/m1/s1. The summed E-state index contributed by atoms with van der Waals surface area (Å²) in [7, 11) is 1.83. The molecule has 0 bridgehead atoms. The zero-order valence-corrected chi connectivity index (χ0v) is 22.3.